The number of anilines is 2. The van der Waals surface area contributed by atoms with Crippen LogP contribution in [0.5, 0.6) is 0 Å². The Balaban J connectivity index is 1.70. The first-order valence-electron chi connectivity index (χ1n) is 8.75. The van der Waals surface area contributed by atoms with Gasteiger partial charge in [0.15, 0.2) is 6.04 Å². The zero-order valence-corrected chi connectivity index (χ0v) is 15.9. The van der Waals surface area contributed by atoms with Crippen molar-refractivity contribution >= 4 is 29.0 Å². The average Bonchev–Trinajstić information content (AvgIpc) is 3.32. The van der Waals surface area contributed by atoms with Crippen LogP contribution in [0.3, 0.4) is 0 Å². The molecule has 2 N–H and O–H groups in total. The first-order valence-corrected chi connectivity index (χ1v) is 9.13. The number of amides is 1. The van der Waals surface area contributed by atoms with Crippen molar-refractivity contribution in [3.8, 4) is 0 Å². The molecule has 3 aromatic rings. The maximum Gasteiger partial charge on any atom is 0.410 e. The molecule has 2 unspecified atom stereocenters. The summed E-state index contributed by atoms with van der Waals surface area (Å²) in [7, 11) is 0. The van der Waals surface area contributed by atoms with Gasteiger partial charge in [0.2, 0.25) is 0 Å². The normalized spacial score (nSPS) is 18.8. The van der Waals surface area contributed by atoms with Gasteiger partial charge in [-0.3, -0.25) is 4.79 Å². The van der Waals surface area contributed by atoms with Crippen LogP contribution in [0, 0.1) is 6.92 Å². The third-order valence-electron chi connectivity index (χ3n) is 4.82. The summed E-state index contributed by atoms with van der Waals surface area (Å²) in [4.78, 5) is 12.8. The van der Waals surface area contributed by atoms with E-state index in [1.165, 1.54) is 6.26 Å². The third kappa shape index (κ3) is 3.69. The molecule has 1 amide bonds. The average molecular weight is 425 g/mol. The van der Waals surface area contributed by atoms with E-state index in [2.05, 4.69) is 15.7 Å². The van der Waals surface area contributed by atoms with Crippen LogP contribution in [0.2, 0.25) is 5.02 Å². The van der Waals surface area contributed by atoms with Crippen molar-refractivity contribution in [3.63, 3.8) is 0 Å². The molecule has 1 aliphatic rings. The summed E-state index contributed by atoms with van der Waals surface area (Å²) in [6.07, 6.45) is -2.33. The molecule has 1 aromatic carbocycles. The smallest absolute Gasteiger partial charge is 0.410 e. The molecular weight excluding hydrogens is 409 g/mol. The number of nitrogens with one attached hydrogen (secondary N) is 2. The standard InChI is InChI=1S/C19H16ClF3N4O2/c1-10-4-5-11(20)7-13(10)26-18(28)12-9-24-27-16(19(21,22)23)8-14(25-17(12)27)15-3-2-6-29-15/h2-7,9,14,16,25H,8H2,1H3,(H,26,28). The number of alkyl halides is 3. The fraction of sp³-hybridized carbons (Fsp3) is 0.263. The molecule has 4 rings (SSSR count). The number of hydrogen-bond donors (Lipinski definition) is 2. The molecule has 0 bridgehead atoms. The van der Waals surface area contributed by atoms with Gasteiger partial charge in [-0.05, 0) is 36.8 Å². The largest absolute Gasteiger partial charge is 0.467 e. The topological polar surface area (TPSA) is 72.1 Å². The van der Waals surface area contributed by atoms with Crippen molar-refractivity contribution in [2.75, 3.05) is 10.6 Å². The molecule has 10 heteroatoms. The summed E-state index contributed by atoms with van der Waals surface area (Å²) in [6.45, 7) is 1.78. The molecule has 152 valence electrons. The highest BCUT2D eigenvalue weighted by molar-refractivity contribution is 6.31. The zero-order chi connectivity index (χ0) is 20.8. The summed E-state index contributed by atoms with van der Waals surface area (Å²) in [5.74, 6) is -0.258. The monoisotopic (exact) mass is 424 g/mol. The van der Waals surface area contributed by atoms with Gasteiger partial charge >= 0.3 is 6.18 Å². The Kier molecular flexibility index (Phi) is 4.77. The van der Waals surface area contributed by atoms with E-state index in [0.29, 0.717) is 16.5 Å². The van der Waals surface area contributed by atoms with Gasteiger partial charge in [0.25, 0.3) is 5.91 Å². The molecule has 6 nitrogen and oxygen atoms in total. The first kappa shape index (κ1) is 19.4. The van der Waals surface area contributed by atoms with Crippen LogP contribution in [-0.2, 0) is 0 Å². The second-order valence-corrected chi connectivity index (χ2v) is 7.21. The molecule has 2 aromatic heterocycles. The number of benzene rings is 1. The van der Waals surface area contributed by atoms with Gasteiger partial charge in [-0.25, -0.2) is 4.68 Å². The number of halogens is 4. The number of carbonyl (C=O) groups is 1. The minimum absolute atomic E-state index is 0.00474. The Morgan fingerprint density at radius 1 is 1.38 bits per heavy atom. The molecule has 0 aliphatic carbocycles. The predicted molar refractivity (Wildman–Crippen MR) is 101 cm³/mol. The summed E-state index contributed by atoms with van der Waals surface area (Å²) in [5.41, 5.74) is 1.22. The zero-order valence-electron chi connectivity index (χ0n) is 15.1. The van der Waals surface area contributed by atoms with Crippen molar-refractivity contribution in [2.24, 2.45) is 0 Å². The maximum atomic E-state index is 13.7. The van der Waals surface area contributed by atoms with Crippen LogP contribution in [0.15, 0.2) is 47.2 Å². The number of aromatic nitrogens is 2. The van der Waals surface area contributed by atoms with E-state index in [0.717, 1.165) is 16.4 Å². The molecule has 0 fully saturated rings. The van der Waals surface area contributed by atoms with E-state index in [1.807, 2.05) is 0 Å². The molecule has 0 saturated heterocycles. The quantitative estimate of drug-likeness (QED) is 0.594. The summed E-state index contributed by atoms with van der Waals surface area (Å²) in [6, 6.07) is 5.53. The van der Waals surface area contributed by atoms with Crippen molar-refractivity contribution in [1.82, 2.24) is 9.78 Å². The SMILES string of the molecule is Cc1ccc(Cl)cc1NC(=O)c1cnn2c1NC(c1ccco1)CC2C(F)(F)F. The number of rotatable bonds is 3. The van der Waals surface area contributed by atoms with E-state index in [1.54, 1.807) is 37.3 Å². The van der Waals surface area contributed by atoms with Crippen LogP contribution in [0.1, 0.15) is 40.2 Å². The fourth-order valence-corrected chi connectivity index (χ4v) is 3.50. The number of carbonyl (C=O) groups excluding carboxylic acids is 1. The molecule has 2 atom stereocenters. The molecule has 0 saturated carbocycles. The second kappa shape index (κ2) is 7.14. The van der Waals surface area contributed by atoms with Gasteiger partial charge in [-0.2, -0.15) is 18.3 Å². The molecule has 29 heavy (non-hydrogen) atoms. The number of hydrogen-bond acceptors (Lipinski definition) is 4. The van der Waals surface area contributed by atoms with Crippen LogP contribution < -0.4 is 10.6 Å². The van der Waals surface area contributed by atoms with E-state index >= 15 is 0 Å². The molecule has 3 heterocycles. The van der Waals surface area contributed by atoms with Gasteiger partial charge in [0.1, 0.15) is 17.1 Å². The Morgan fingerprint density at radius 3 is 2.86 bits per heavy atom. The van der Waals surface area contributed by atoms with Crippen LogP contribution in [0.25, 0.3) is 0 Å². The molecular formula is C19H16ClF3N4O2. The van der Waals surface area contributed by atoms with Gasteiger partial charge < -0.3 is 15.1 Å². The Hall–Kier alpha value is -2.94. The Labute approximate surface area is 168 Å². The highest BCUT2D eigenvalue weighted by atomic mass is 35.5. The summed E-state index contributed by atoms with van der Waals surface area (Å²) >= 11 is 5.97. The number of furan rings is 1. The van der Waals surface area contributed by atoms with Gasteiger partial charge in [-0.15, -0.1) is 0 Å². The Bertz CT molecular complexity index is 1050. The van der Waals surface area contributed by atoms with Gasteiger partial charge in [-0.1, -0.05) is 17.7 Å². The van der Waals surface area contributed by atoms with Crippen molar-refractivity contribution in [3.05, 3.63) is 64.7 Å². The number of aryl methyl sites for hydroxylation is 1. The fourth-order valence-electron chi connectivity index (χ4n) is 3.32. The van der Waals surface area contributed by atoms with Crippen molar-refractivity contribution < 1.29 is 22.4 Å². The lowest BCUT2D eigenvalue weighted by Crippen LogP contribution is -2.36. The van der Waals surface area contributed by atoms with Gasteiger partial charge in [0.05, 0.1) is 18.5 Å². The van der Waals surface area contributed by atoms with E-state index in [4.69, 9.17) is 16.0 Å². The van der Waals surface area contributed by atoms with E-state index in [9.17, 15) is 18.0 Å². The highest BCUT2D eigenvalue weighted by Crippen LogP contribution is 2.44. The van der Waals surface area contributed by atoms with E-state index < -0.39 is 24.2 Å². The highest BCUT2D eigenvalue weighted by Gasteiger charge is 2.47. The maximum absolute atomic E-state index is 13.7. The lowest BCUT2D eigenvalue weighted by atomic mass is 10.0. The van der Waals surface area contributed by atoms with E-state index in [-0.39, 0.29) is 17.8 Å². The van der Waals surface area contributed by atoms with Crippen LogP contribution in [0.4, 0.5) is 24.7 Å². The lowest BCUT2D eigenvalue weighted by Gasteiger charge is -2.32. The predicted octanol–water partition coefficient (Wildman–Crippen LogP) is 5.35. The van der Waals surface area contributed by atoms with Crippen molar-refractivity contribution in [1.29, 1.82) is 0 Å². The summed E-state index contributed by atoms with van der Waals surface area (Å²) < 4.78 is 47.0. The molecule has 0 radical (unpaired) electrons. The second-order valence-electron chi connectivity index (χ2n) is 6.77. The van der Waals surface area contributed by atoms with Gasteiger partial charge in [0, 0.05) is 17.1 Å². The first-order chi connectivity index (χ1) is 13.7. The van der Waals surface area contributed by atoms with Crippen LogP contribution >= 0.6 is 11.6 Å². The van der Waals surface area contributed by atoms with Crippen LogP contribution in [-0.4, -0.2) is 21.9 Å². The summed E-state index contributed by atoms with van der Waals surface area (Å²) in [5, 5.41) is 9.91. The van der Waals surface area contributed by atoms with Crippen molar-refractivity contribution in [2.45, 2.75) is 31.6 Å². The number of fused-ring (bicyclic) bond motifs is 1. The minimum atomic E-state index is -4.54. The molecule has 0 spiro atoms. The number of nitrogens with zero attached hydrogens (tertiary/aromatic N) is 2. The lowest BCUT2D eigenvalue weighted by molar-refractivity contribution is -0.174. The minimum Gasteiger partial charge on any atom is -0.467 e. The third-order valence-corrected chi connectivity index (χ3v) is 5.05. The molecule has 1 aliphatic heterocycles. The Morgan fingerprint density at radius 2 is 2.17 bits per heavy atom.